The van der Waals surface area contributed by atoms with Crippen LogP contribution in [0, 0.1) is 0 Å². The Labute approximate surface area is 115 Å². The molecule has 0 amide bonds. The van der Waals surface area contributed by atoms with Gasteiger partial charge in [-0.1, -0.05) is 0 Å². The van der Waals surface area contributed by atoms with E-state index in [1.54, 1.807) is 31.2 Å². The highest BCUT2D eigenvalue weighted by Crippen LogP contribution is 2.19. The topological polar surface area (TPSA) is 81.3 Å². The summed E-state index contributed by atoms with van der Waals surface area (Å²) in [5.41, 5.74) is 1.73. The van der Waals surface area contributed by atoms with Crippen LogP contribution in [0.25, 0.3) is 17.0 Å². The highest BCUT2D eigenvalue weighted by atomic mass is 16.5. The minimum atomic E-state index is -0.421. The van der Waals surface area contributed by atoms with Crippen molar-refractivity contribution in [3.8, 4) is 0 Å². The van der Waals surface area contributed by atoms with Crippen molar-refractivity contribution in [2.45, 2.75) is 6.92 Å². The summed E-state index contributed by atoms with van der Waals surface area (Å²) in [5.74, 6) is -0.833. The number of hydrogen-bond donors (Lipinski definition) is 1. The average Bonchev–Trinajstić information content (AvgIpc) is 2.86. The summed E-state index contributed by atoms with van der Waals surface area (Å²) < 4.78 is 9.44. The molecule has 0 saturated heterocycles. The van der Waals surface area contributed by atoms with E-state index < -0.39 is 11.9 Å². The number of carbonyl (C=O) groups is 2. The molecule has 0 bridgehead atoms. The summed E-state index contributed by atoms with van der Waals surface area (Å²) in [4.78, 5) is 22.7. The van der Waals surface area contributed by atoms with Crippen LogP contribution >= 0.6 is 0 Å². The fraction of sp³-hybridized carbons (Fsp3) is 0.214. The van der Waals surface area contributed by atoms with Crippen LogP contribution in [-0.4, -0.2) is 35.9 Å². The Bertz CT molecular complexity index is 673. The maximum Gasteiger partial charge on any atom is 0.337 e. The normalized spacial score (nSPS) is 10.9. The number of rotatable bonds is 4. The largest absolute Gasteiger partial charge is 0.465 e. The SMILES string of the molecule is CCOC(=O)C=Cc1n[nH]c2cc(C(=O)OC)ccc12. The van der Waals surface area contributed by atoms with Gasteiger partial charge < -0.3 is 9.47 Å². The van der Waals surface area contributed by atoms with Crippen molar-refractivity contribution in [1.82, 2.24) is 10.2 Å². The van der Waals surface area contributed by atoms with E-state index in [1.165, 1.54) is 13.2 Å². The second-order valence-electron chi connectivity index (χ2n) is 3.95. The molecule has 0 aliphatic rings. The highest BCUT2D eigenvalue weighted by molar-refractivity contribution is 5.97. The van der Waals surface area contributed by atoms with E-state index in [-0.39, 0.29) is 0 Å². The van der Waals surface area contributed by atoms with Crippen molar-refractivity contribution in [3.05, 3.63) is 35.5 Å². The van der Waals surface area contributed by atoms with Crippen LogP contribution in [-0.2, 0) is 14.3 Å². The Morgan fingerprint density at radius 2 is 2.20 bits per heavy atom. The number of nitrogens with one attached hydrogen (secondary N) is 1. The van der Waals surface area contributed by atoms with E-state index in [4.69, 9.17) is 4.74 Å². The zero-order valence-electron chi connectivity index (χ0n) is 11.2. The molecule has 0 saturated carbocycles. The van der Waals surface area contributed by atoms with Crippen LogP contribution < -0.4 is 0 Å². The number of H-pyrrole nitrogens is 1. The van der Waals surface area contributed by atoms with Gasteiger partial charge in [-0.15, -0.1) is 0 Å². The average molecular weight is 274 g/mol. The first-order valence-electron chi connectivity index (χ1n) is 6.07. The number of aromatic nitrogens is 2. The van der Waals surface area contributed by atoms with Gasteiger partial charge in [0.25, 0.3) is 0 Å². The number of esters is 2. The van der Waals surface area contributed by atoms with Crippen molar-refractivity contribution in [2.24, 2.45) is 0 Å². The molecule has 0 atom stereocenters. The molecule has 2 aromatic rings. The van der Waals surface area contributed by atoms with E-state index >= 15 is 0 Å². The quantitative estimate of drug-likeness (QED) is 0.680. The fourth-order valence-corrected chi connectivity index (χ4v) is 1.75. The van der Waals surface area contributed by atoms with Crippen LogP contribution in [0.5, 0.6) is 0 Å². The molecule has 6 heteroatoms. The molecular weight excluding hydrogens is 260 g/mol. The van der Waals surface area contributed by atoms with Crippen LogP contribution in [0.1, 0.15) is 23.0 Å². The smallest absolute Gasteiger partial charge is 0.337 e. The zero-order valence-corrected chi connectivity index (χ0v) is 11.2. The Hall–Kier alpha value is -2.63. The third kappa shape index (κ3) is 2.85. The summed E-state index contributed by atoms with van der Waals surface area (Å²) in [6.45, 7) is 2.07. The van der Waals surface area contributed by atoms with Gasteiger partial charge in [0.15, 0.2) is 0 Å². The lowest BCUT2D eigenvalue weighted by Gasteiger charge is -1.98. The summed E-state index contributed by atoms with van der Waals surface area (Å²) in [6.07, 6.45) is 2.88. The van der Waals surface area contributed by atoms with Crippen molar-refractivity contribution in [1.29, 1.82) is 0 Å². The van der Waals surface area contributed by atoms with Gasteiger partial charge in [0.2, 0.25) is 0 Å². The van der Waals surface area contributed by atoms with Gasteiger partial charge in [-0.05, 0) is 31.2 Å². The minimum absolute atomic E-state index is 0.326. The summed E-state index contributed by atoms with van der Waals surface area (Å²) in [5, 5.41) is 7.69. The van der Waals surface area contributed by atoms with Gasteiger partial charge in [-0.3, -0.25) is 5.10 Å². The summed E-state index contributed by atoms with van der Waals surface area (Å²) >= 11 is 0. The van der Waals surface area contributed by atoms with Crippen molar-refractivity contribution < 1.29 is 19.1 Å². The van der Waals surface area contributed by atoms with Gasteiger partial charge in [0.1, 0.15) is 0 Å². The van der Waals surface area contributed by atoms with E-state index in [0.29, 0.717) is 23.4 Å². The first kappa shape index (κ1) is 13.8. The monoisotopic (exact) mass is 274 g/mol. The third-order valence-corrected chi connectivity index (χ3v) is 2.68. The molecule has 1 aromatic heterocycles. The van der Waals surface area contributed by atoms with Crippen molar-refractivity contribution in [3.63, 3.8) is 0 Å². The van der Waals surface area contributed by atoms with Crippen LogP contribution in [0.3, 0.4) is 0 Å². The van der Waals surface area contributed by atoms with Gasteiger partial charge in [0, 0.05) is 11.5 Å². The number of methoxy groups -OCH3 is 1. The predicted octanol–water partition coefficient (Wildman–Crippen LogP) is 1.93. The van der Waals surface area contributed by atoms with Crippen LogP contribution in [0.2, 0.25) is 0 Å². The van der Waals surface area contributed by atoms with Crippen molar-refractivity contribution in [2.75, 3.05) is 13.7 Å². The molecule has 1 aromatic carbocycles. The second-order valence-corrected chi connectivity index (χ2v) is 3.95. The number of nitrogens with zero attached hydrogens (tertiary/aromatic N) is 1. The molecule has 0 aliphatic heterocycles. The number of benzene rings is 1. The lowest BCUT2D eigenvalue weighted by molar-refractivity contribution is -0.137. The molecule has 0 radical (unpaired) electrons. The van der Waals surface area contributed by atoms with Crippen molar-refractivity contribution >= 4 is 28.9 Å². The Balaban J connectivity index is 2.29. The molecule has 0 unspecified atom stereocenters. The van der Waals surface area contributed by atoms with E-state index in [9.17, 15) is 9.59 Å². The zero-order chi connectivity index (χ0) is 14.5. The lowest BCUT2D eigenvalue weighted by atomic mass is 10.1. The standard InChI is InChI=1S/C14H14N2O4/c1-3-20-13(17)7-6-11-10-5-4-9(14(18)19-2)8-12(10)16-15-11/h4-8H,3H2,1-2H3,(H,15,16). The predicted molar refractivity (Wildman–Crippen MR) is 73.1 cm³/mol. The van der Waals surface area contributed by atoms with E-state index in [2.05, 4.69) is 14.9 Å². The number of ether oxygens (including phenoxy) is 2. The molecular formula is C14H14N2O4. The lowest BCUT2D eigenvalue weighted by Crippen LogP contribution is -2.00. The number of aromatic amines is 1. The van der Waals surface area contributed by atoms with Crippen LogP contribution in [0.4, 0.5) is 0 Å². The summed E-state index contributed by atoms with van der Waals surface area (Å²) in [6, 6.07) is 5.04. The second kappa shape index (κ2) is 6.01. The Morgan fingerprint density at radius 3 is 2.90 bits per heavy atom. The van der Waals surface area contributed by atoms with Gasteiger partial charge in [-0.25, -0.2) is 9.59 Å². The van der Waals surface area contributed by atoms with E-state index in [0.717, 1.165) is 5.39 Å². The minimum Gasteiger partial charge on any atom is -0.465 e. The molecule has 1 heterocycles. The first-order valence-corrected chi connectivity index (χ1v) is 6.07. The fourth-order valence-electron chi connectivity index (χ4n) is 1.75. The number of hydrogen-bond acceptors (Lipinski definition) is 5. The van der Waals surface area contributed by atoms with Gasteiger partial charge in [0.05, 0.1) is 30.5 Å². The molecule has 1 N–H and O–H groups in total. The molecule has 0 spiro atoms. The molecule has 104 valence electrons. The number of fused-ring (bicyclic) bond motifs is 1. The van der Waals surface area contributed by atoms with Gasteiger partial charge >= 0.3 is 11.9 Å². The Morgan fingerprint density at radius 1 is 1.40 bits per heavy atom. The maximum atomic E-state index is 11.4. The molecule has 0 aliphatic carbocycles. The maximum absolute atomic E-state index is 11.4. The molecule has 6 nitrogen and oxygen atoms in total. The molecule has 0 fully saturated rings. The number of carbonyl (C=O) groups excluding carboxylic acids is 2. The summed E-state index contributed by atoms with van der Waals surface area (Å²) in [7, 11) is 1.33. The molecule has 2 rings (SSSR count). The third-order valence-electron chi connectivity index (χ3n) is 2.68. The van der Waals surface area contributed by atoms with E-state index in [1.807, 2.05) is 0 Å². The Kier molecular flexibility index (Phi) is 4.14. The first-order chi connectivity index (χ1) is 9.65. The molecule has 20 heavy (non-hydrogen) atoms. The van der Waals surface area contributed by atoms with Crippen LogP contribution in [0.15, 0.2) is 24.3 Å². The highest BCUT2D eigenvalue weighted by Gasteiger charge is 2.09. The van der Waals surface area contributed by atoms with Gasteiger partial charge in [-0.2, -0.15) is 5.10 Å².